The van der Waals surface area contributed by atoms with Gasteiger partial charge in [0.25, 0.3) is 5.91 Å². The minimum absolute atomic E-state index is 0.131. The second kappa shape index (κ2) is 8.17. The Morgan fingerprint density at radius 3 is 2.30 bits per heavy atom. The predicted molar refractivity (Wildman–Crippen MR) is 103 cm³/mol. The number of aryl methyl sites for hydroxylation is 1. The summed E-state index contributed by atoms with van der Waals surface area (Å²) in [6.07, 6.45) is -3.56. The summed E-state index contributed by atoms with van der Waals surface area (Å²) in [6, 6.07) is 12.7. The van der Waals surface area contributed by atoms with E-state index < -0.39 is 41.7 Å². The molecule has 1 fully saturated rings. The van der Waals surface area contributed by atoms with E-state index in [0.717, 1.165) is 34.7 Å². The molecular formula is C21H20F3N3O3. The maximum Gasteiger partial charge on any atom is 0.416 e. The number of anilines is 1. The maximum atomic E-state index is 12.7. The number of benzene rings is 2. The Morgan fingerprint density at radius 2 is 1.70 bits per heavy atom. The lowest BCUT2D eigenvalue weighted by Gasteiger charge is -2.21. The van der Waals surface area contributed by atoms with Crippen LogP contribution in [-0.4, -0.2) is 34.8 Å². The van der Waals surface area contributed by atoms with Crippen molar-refractivity contribution in [2.24, 2.45) is 0 Å². The van der Waals surface area contributed by atoms with Crippen LogP contribution in [0.25, 0.3) is 0 Å². The van der Waals surface area contributed by atoms with E-state index in [0.29, 0.717) is 12.8 Å². The zero-order valence-electron chi connectivity index (χ0n) is 16.1. The smallest absolute Gasteiger partial charge is 0.325 e. The minimum Gasteiger partial charge on any atom is -0.325 e. The first kappa shape index (κ1) is 21.4. The molecule has 4 amide bonds. The zero-order valence-corrected chi connectivity index (χ0v) is 16.1. The highest BCUT2D eigenvalue weighted by Crippen LogP contribution is 2.30. The van der Waals surface area contributed by atoms with Gasteiger partial charge in [-0.2, -0.15) is 13.2 Å². The second-order valence-corrected chi connectivity index (χ2v) is 7.26. The van der Waals surface area contributed by atoms with E-state index in [1.165, 1.54) is 0 Å². The number of carbonyl (C=O) groups excluding carboxylic acids is 3. The lowest BCUT2D eigenvalue weighted by molar-refractivity contribution is -0.137. The predicted octanol–water partition coefficient (Wildman–Crippen LogP) is 3.59. The number of halogens is 3. The van der Waals surface area contributed by atoms with Gasteiger partial charge >= 0.3 is 12.2 Å². The van der Waals surface area contributed by atoms with E-state index in [1.807, 2.05) is 30.3 Å². The first-order valence-electron chi connectivity index (χ1n) is 9.24. The molecule has 9 heteroatoms. The molecule has 0 unspecified atom stereocenters. The number of urea groups is 1. The molecule has 2 N–H and O–H groups in total. The summed E-state index contributed by atoms with van der Waals surface area (Å²) in [7, 11) is 0. The first-order chi connectivity index (χ1) is 14.1. The van der Waals surface area contributed by atoms with Crippen LogP contribution in [0.4, 0.5) is 23.7 Å². The van der Waals surface area contributed by atoms with E-state index in [2.05, 4.69) is 10.6 Å². The number of hydrogen-bond donors (Lipinski definition) is 2. The molecule has 158 valence electrons. The van der Waals surface area contributed by atoms with Gasteiger partial charge in [-0.25, -0.2) is 4.79 Å². The fourth-order valence-electron chi connectivity index (χ4n) is 3.19. The van der Waals surface area contributed by atoms with Crippen LogP contribution in [0.3, 0.4) is 0 Å². The van der Waals surface area contributed by atoms with Crippen molar-refractivity contribution in [1.29, 1.82) is 0 Å². The molecule has 1 saturated heterocycles. The van der Waals surface area contributed by atoms with Crippen molar-refractivity contribution in [1.82, 2.24) is 10.2 Å². The fraction of sp³-hybridized carbons (Fsp3) is 0.286. The minimum atomic E-state index is -4.48. The van der Waals surface area contributed by atoms with Gasteiger partial charge < -0.3 is 10.6 Å². The Hall–Kier alpha value is -3.36. The van der Waals surface area contributed by atoms with Crippen molar-refractivity contribution in [3.63, 3.8) is 0 Å². The van der Waals surface area contributed by atoms with Crippen LogP contribution in [-0.2, 0) is 22.2 Å². The average Bonchev–Trinajstić information content (AvgIpc) is 2.90. The maximum absolute atomic E-state index is 12.7. The molecule has 2 aromatic carbocycles. The molecule has 0 aromatic heterocycles. The Balaban J connectivity index is 1.60. The third-order valence-corrected chi connectivity index (χ3v) is 4.90. The van der Waals surface area contributed by atoms with Crippen LogP contribution < -0.4 is 10.6 Å². The summed E-state index contributed by atoms with van der Waals surface area (Å²) in [6.45, 7) is 1.07. The van der Waals surface area contributed by atoms with Gasteiger partial charge in [0.15, 0.2) is 0 Å². The van der Waals surface area contributed by atoms with Crippen LogP contribution in [0.1, 0.15) is 24.5 Å². The second-order valence-electron chi connectivity index (χ2n) is 7.26. The lowest BCUT2D eigenvalue weighted by atomic mass is 9.93. The van der Waals surface area contributed by atoms with Crippen LogP contribution >= 0.6 is 0 Å². The molecule has 0 spiro atoms. The van der Waals surface area contributed by atoms with Crippen molar-refractivity contribution >= 4 is 23.5 Å². The highest BCUT2D eigenvalue weighted by Gasteiger charge is 2.47. The summed E-state index contributed by atoms with van der Waals surface area (Å²) in [4.78, 5) is 38.0. The molecule has 6 nitrogen and oxygen atoms in total. The largest absolute Gasteiger partial charge is 0.416 e. The number of nitrogens with one attached hydrogen (secondary N) is 2. The van der Waals surface area contributed by atoms with E-state index in [-0.39, 0.29) is 5.69 Å². The molecule has 3 rings (SSSR count). The van der Waals surface area contributed by atoms with Crippen LogP contribution in [0.2, 0.25) is 0 Å². The molecule has 1 aliphatic rings. The molecule has 30 heavy (non-hydrogen) atoms. The highest BCUT2D eigenvalue weighted by molar-refractivity contribution is 6.09. The van der Waals surface area contributed by atoms with Crippen molar-refractivity contribution < 1.29 is 27.6 Å². The lowest BCUT2D eigenvalue weighted by Crippen LogP contribution is -2.45. The van der Waals surface area contributed by atoms with E-state index >= 15 is 0 Å². The van der Waals surface area contributed by atoms with Crippen LogP contribution in [0.5, 0.6) is 0 Å². The van der Waals surface area contributed by atoms with Gasteiger partial charge in [-0.1, -0.05) is 30.3 Å². The Kier molecular flexibility index (Phi) is 5.82. The molecule has 1 aliphatic heterocycles. The number of nitrogens with zero attached hydrogens (tertiary/aromatic N) is 1. The molecule has 0 aliphatic carbocycles. The summed E-state index contributed by atoms with van der Waals surface area (Å²) < 4.78 is 37.8. The van der Waals surface area contributed by atoms with E-state index in [4.69, 9.17) is 0 Å². The molecule has 0 bridgehead atoms. The van der Waals surface area contributed by atoms with E-state index in [1.54, 1.807) is 6.92 Å². The quantitative estimate of drug-likeness (QED) is 0.703. The first-order valence-corrected chi connectivity index (χ1v) is 9.24. The van der Waals surface area contributed by atoms with Gasteiger partial charge in [0, 0.05) is 5.69 Å². The zero-order chi connectivity index (χ0) is 21.9. The Morgan fingerprint density at radius 1 is 1.07 bits per heavy atom. The van der Waals surface area contributed by atoms with Gasteiger partial charge in [-0.3, -0.25) is 14.5 Å². The van der Waals surface area contributed by atoms with Crippen molar-refractivity contribution in [3.05, 3.63) is 65.7 Å². The third-order valence-electron chi connectivity index (χ3n) is 4.90. The van der Waals surface area contributed by atoms with Gasteiger partial charge in [0.05, 0.1) is 5.56 Å². The number of rotatable bonds is 6. The number of imide groups is 1. The summed E-state index contributed by atoms with van der Waals surface area (Å²) in [5.41, 5.74) is -0.836. The molecule has 1 atom stereocenters. The van der Waals surface area contributed by atoms with Gasteiger partial charge in [0.1, 0.15) is 12.1 Å². The standard InChI is InChI=1S/C21H20F3N3O3/c1-20(12-11-14-5-3-2-4-6-14)18(29)27(19(30)26-20)13-17(28)25-16-9-7-15(8-10-16)21(22,23)24/h2-10H,11-13H2,1H3,(H,25,28)(H,26,30)/t20-/m0/s1. The number of alkyl halides is 3. The number of carbonyl (C=O) groups is 3. The van der Waals surface area contributed by atoms with Crippen molar-refractivity contribution in [2.45, 2.75) is 31.5 Å². The summed E-state index contributed by atoms with van der Waals surface area (Å²) >= 11 is 0. The van der Waals surface area contributed by atoms with Crippen molar-refractivity contribution in [2.75, 3.05) is 11.9 Å². The average molecular weight is 419 g/mol. The van der Waals surface area contributed by atoms with Crippen LogP contribution in [0.15, 0.2) is 54.6 Å². The van der Waals surface area contributed by atoms with Crippen molar-refractivity contribution in [3.8, 4) is 0 Å². The molecule has 2 aromatic rings. The number of amides is 4. The van der Waals surface area contributed by atoms with E-state index in [9.17, 15) is 27.6 Å². The fourth-order valence-corrected chi connectivity index (χ4v) is 3.19. The normalized spacial score (nSPS) is 19.0. The molecular weight excluding hydrogens is 399 g/mol. The Labute approximate surface area is 171 Å². The molecule has 1 heterocycles. The van der Waals surface area contributed by atoms with Gasteiger partial charge in [-0.15, -0.1) is 0 Å². The summed E-state index contributed by atoms with van der Waals surface area (Å²) in [5.74, 6) is -1.21. The monoisotopic (exact) mass is 419 g/mol. The molecule has 0 saturated carbocycles. The Bertz CT molecular complexity index is 945. The highest BCUT2D eigenvalue weighted by atomic mass is 19.4. The third kappa shape index (κ3) is 4.79. The van der Waals surface area contributed by atoms with Crippen LogP contribution in [0, 0.1) is 0 Å². The topological polar surface area (TPSA) is 78.5 Å². The van der Waals surface area contributed by atoms with Gasteiger partial charge in [-0.05, 0) is 49.6 Å². The molecule has 0 radical (unpaired) electrons. The summed E-state index contributed by atoms with van der Waals surface area (Å²) in [5, 5.41) is 5.02. The van der Waals surface area contributed by atoms with Gasteiger partial charge in [0.2, 0.25) is 5.91 Å². The SMILES string of the molecule is C[C@@]1(CCc2ccccc2)NC(=O)N(CC(=O)Nc2ccc(C(F)(F)F)cc2)C1=O. The number of hydrogen-bond acceptors (Lipinski definition) is 3.